The molecule has 0 heterocycles. The third-order valence-corrected chi connectivity index (χ3v) is 18.9. The van der Waals surface area contributed by atoms with Crippen molar-refractivity contribution in [3.63, 3.8) is 0 Å². The van der Waals surface area contributed by atoms with Crippen molar-refractivity contribution in [2.45, 2.75) is 79.4 Å². The first-order chi connectivity index (χ1) is 38.8. The summed E-state index contributed by atoms with van der Waals surface area (Å²) >= 11 is 7.28. The Hall–Kier alpha value is -7.77. The van der Waals surface area contributed by atoms with Crippen molar-refractivity contribution in [1.82, 2.24) is 5.32 Å². The number of aryl methyl sites for hydroxylation is 2. The summed E-state index contributed by atoms with van der Waals surface area (Å²) in [6.07, 6.45) is 2.11. The molecule has 0 aliphatic carbocycles. The molecule has 8 aromatic rings. The van der Waals surface area contributed by atoms with Crippen LogP contribution in [0.1, 0.15) is 68.5 Å². The first-order valence-corrected chi connectivity index (χ1v) is 30.0. The van der Waals surface area contributed by atoms with Gasteiger partial charge in [0.1, 0.15) is 28.7 Å². The van der Waals surface area contributed by atoms with E-state index in [2.05, 4.69) is 102 Å². The standard InChI is InChI=1S/C33H34N2O6S.C29H26Br2O4S.C2H5NO.CH4/c1-23-7-8-24(19-30(23)34(4)21-36)33(2,3)25-9-18-32(31(20-25)35(5)22-37)41-27-12-16-29(17-13-27)42(38,39)28-14-10-26(40-6)11-15-28;1-19-5-6-20(17-26(19)30)29(2,3)21-7-16-28(27(31)18-21)35-23-10-14-25(15-11-23)36(32,33)24-12-8-22(34-4)9-13-24;1-3-2-4;/h7-22H,1-6H3;5-18H,1-4H3;2H,1H3,(H,3,4);1H4. The summed E-state index contributed by atoms with van der Waals surface area (Å²) in [6.45, 7) is 12.6. The zero-order valence-electron chi connectivity index (χ0n) is 47.4. The number of nitrogens with zero attached hydrogens (tertiary/aromatic N) is 2. The van der Waals surface area contributed by atoms with Crippen LogP contribution >= 0.6 is 31.9 Å². The summed E-state index contributed by atoms with van der Waals surface area (Å²) in [5.74, 6) is 3.20. The molecule has 83 heavy (non-hydrogen) atoms. The summed E-state index contributed by atoms with van der Waals surface area (Å²) in [4.78, 5) is 36.0. The van der Waals surface area contributed by atoms with Gasteiger partial charge in [-0.25, -0.2) is 16.8 Å². The van der Waals surface area contributed by atoms with Gasteiger partial charge in [-0.3, -0.25) is 14.4 Å². The van der Waals surface area contributed by atoms with Gasteiger partial charge in [0.25, 0.3) is 0 Å². The molecule has 18 heteroatoms. The number of hydrogen-bond acceptors (Lipinski definition) is 11. The normalized spacial score (nSPS) is 11.2. The van der Waals surface area contributed by atoms with E-state index in [-0.39, 0.29) is 32.4 Å². The molecule has 0 bridgehead atoms. The van der Waals surface area contributed by atoms with Crippen LogP contribution in [-0.4, -0.2) is 71.4 Å². The van der Waals surface area contributed by atoms with Gasteiger partial charge < -0.3 is 34.1 Å². The highest BCUT2D eigenvalue weighted by molar-refractivity contribution is 9.10. The van der Waals surface area contributed by atoms with Crippen molar-refractivity contribution in [3.05, 3.63) is 212 Å². The number of amides is 3. The number of rotatable bonds is 19. The number of ether oxygens (including phenoxy) is 4. The Morgan fingerprint density at radius 1 is 0.446 bits per heavy atom. The number of carbonyl (C=O) groups excluding carboxylic acids is 3. The van der Waals surface area contributed by atoms with Crippen LogP contribution < -0.4 is 34.1 Å². The highest BCUT2D eigenvalue weighted by Gasteiger charge is 2.28. The quantitative estimate of drug-likeness (QED) is 0.0763. The summed E-state index contributed by atoms with van der Waals surface area (Å²) in [5.41, 5.74) is 7.13. The third-order valence-electron chi connectivity index (χ3n) is 13.8. The monoisotopic (exact) mass is 1290 g/mol. The predicted octanol–water partition coefficient (Wildman–Crippen LogP) is 14.6. The Morgan fingerprint density at radius 2 is 0.759 bits per heavy atom. The van der Waals surface area contributed by atoms with Crippen LogP contribution in [0.3, 0.4) is 0 Å². The molecule has 0 aromatic heterocycles. The zero-order chi connectivity index (χ0) is 60.2. The van der Waals surface area contributed by atoms with Crippen molar-refractivity contribution in [1.29, 1.82) is 0 Å². The Kier molecular flexibility index (Phi) is 22.7. The van der Waals surface area contributed by atoms with E-state index in [1.807, 2.05) is 43.3 Å². The Morgan fingerprint density at radius 3 is 1.12 bits per heavy atom. The van der Waals surface area contributed by atoms with Gasteiger partial charge in [0.05, 0.1) is 44.0 Å². The number of carbonyl (C=O) groups is 3. The second-order valence-electron chi connectivity index (χ2n) is 19.9. The van der Waals surface area contributed by atoms with Gasteiger partial charge in [-0.1, -0.05) is 87.4 Å². The maximum Gasteiger partial charge on any atom is 0.213 e. The van der Waals surface area contributed by atoms with Crippen molar-refractivity contribution < 1.29 is 50.2 Å². The van der Waals surface area contributed by atoms with Gasteiger partial charge in [-0.2, -0.15) is 0 Å². The Labute approximate surface area is 505 Å². The molecule has 14 nitrogen and oxygen atoms in total. The molecule has 0 unspecified atom stereocenters. The fourth-order valence-electron chi connectivity index (χ4n) is 8.46. The van der Waals surface area contributed by atoms with E-state index in [9.17, 15) is 26.4 Å². The smallest absolute Gasteiger partial charge is 0.213 e. The maximum atomic E-state index is 13.1. The van der Waals surface area contributed by atoms with E-state index < -0.39 is 25.1 Å². The summed E-state index contributed by atoms with van der Waals surface area (Å²) < 4.78 is 76.4. The lowest BCUT2D eigenvalue weighted by molar-refractivity contribution is -0.109. The minimum atomic E-state index is -3.73. The zero-order valence-corrected chi connectivity index (χ0v) is 52.2. The van der Waals surface area contributed by atoms with E-state index in [0.29, 0.717) is 53.0 Å². The lowest BCUT2D eigenvalue weighted by atomic mass is 9.77. The SMILES string of the molecule is C.CNC=O.COc1ccc(S(=O)(=O)c2ccc(Oc3ccc(C(C)(C)c4ccc(C)c(Br)c4)cc3Br)cc2)cc1.COc1ccc(S(=O)(=O)c2ccc(Oc3ccc(C(C)(C)c4ccc(C)c(N(C)C=O)c4)cc3N(C)C=O)cc2)cc1. The molecule has 0 radical (unpaired) electrons. The van der Waals surface area contributed by atoms with Crippen molar-refractivity contribution in [2.24, 2.45) is 0 Å². The molecule has 0 fully saturated rings. The molecule has 8 aromatic carbocycles. The lowest BCUT2D eigenvalue weighted by Gasteiger charge is -2.29. The minimum absolute atomic E-state index is 0. The highest BCUT2D eigenvalue weighted by atomic mass is 79.9. The summed E-state index contributed by atoms with van der Waals surface area (Å²) in [5, 5.41) is 2.25. The van der Waals surface area contributed by atoms with E-state index in [4.69, 9.17) is 23.7 Å². The van der Waals surface area contributed by atoms with Crippen LogP contribution in [0.2, 0.25) is 0 Å². The molecule has 1 N–H and O–H groups in total. The number of hydrogen-bond donors (Lipinski definition) is 1. The maximum absolute atomic E-state index is 13.1. The first-order valence-electron chi connectivity index (χ1n) is 25.5. The van der Waals surface area contributed by atoms with E-state index in [0.717, 1.165) is 43.3 Å². The number of methoxy groups -OCH3 is 2. The molecular formula is C65H69Br2N3O11S2. The fraction of sp³-hybridized carbons (Fsp3) is 0.215. The molecule has 0 aliphatic heterocycles. The Balaban J connectivity index is 0.000000285. The second-order valence-corrected chi connectivity index (χ2v) is 25.5. The first kappa shape index (κ1) is 66.0. The average Bonchev–Trinajstić information content (AvgIpc) is 3.64. The van der Waals surface area contributed by atoms with Gasteiger partial charge in [-0.05, 0) is 197 Å². The molecule has 0 saturated carbocycles. The van der Waals surface area contributed by atoms with Crippen molar-refractivity contribution >= 4 is 82.1 Å². The second kappa shape index (κ2) is 28.5. The van der Waals surface area contributed by atoms with Crippen molar-refractivity contribution in [3.8, 4) is 34.5 Å². The van der Waals surface area contributed by atoms with Crippen LogP contribution in [0.25, 0.3) is 0 Å². The number of benzene rings is 8. The van der Waals surface area contributed by atoms with E-state index in [1.165, 1.54) is 66.6 Å². The van der Waals surface area contributed by atoms with Crippen LogP contribution in [0.4, 0.5) is 11.4 Å². The van der Waals surface area contributed by atoms with Gasteiger partial charge in [0, 0.05) is 42.1 Å². The molecule has 0 atom stereocenters. The third kappa shape index (κ3) is 15.7. The Bertz CT molecular complexity index is 3770. The molecule has 436 valence electrons. The summed E-state index contributed by atoms with van der Waals surface area (Å²) in [7, 11) is 0.609. The van der Waals surface area contributed by atoms with Gasteiger partial charge in [0.15, 0.2) is 5.75 Å². The van der Waals surface area contributed by atoms with Gasteiger partial charge in [-0.15, -0.1) is 0 Å². The molecule has 0 aliphatic rings. The topological polar surface area (TPSA) is 175 Å². The fourth-order valence-corrected chi connectivity index (χ4v) is 11.8. The van der Waals surface area contributed by atoms with Gasteiger partial charge in [0.2, 0.25) is 38.9 Å². The number of anilines is 2. The van der Waals surface area contributed by atoms with Crippen molar-refractivity contribution in [2.75, 3.05) is 45.2 Å². The lowest BCUT2D eigenvalue weighted by Crippen LogP contribution is -2.22. The largest absolute Gasteiger partial charge is 0.497 e. The van der Waals surface area contributed by atoms with Crippen LogP contribution in [0.5, 0.6) is 34.5 Å². The van der Waals surface area contributed by atoms with Crippen LogP contribution in [0.15, 0.2) is 198 Å². The number of halogens is 2. The highest BCUT2D eigenvalue weighted by Crippen LogP contribution is 2.42. The minimum Gasteiger partial charge on any atom is -0.497 e. The average molecular weight is 1290 g/mol. The van der Waals surface area contributed by atoms with Gasteiger partial charge >= 0.3 is 0 Å². The summed E-state index contributed by atoms with van der Waals surface area (Å²) in [6, 6.07) is 49.2. The molecule has 8 rings (SSSR count). The molecular weight excluding hydrogens is 1220 g/mol. The molecule has 0 spiro atoms. The van der Waals surface area contributed by atoms with E-state index in [1.54, 1.807) is 92.8 Å². The van der Waals surface area contributed by atoms with E-state index >= 15 is 0 Å². The van der Waals surface area contributed by atoms with Crippen LogP contribution in [0, 0.1) is 13.8 Å². The number of nitrogens with one attached hydrogen (secondary N) is 1. The molecule has 3 amide bonds. The number of sulfone groups is 2. The molecule has 0 saturated heterocycles. The predicted molar refractivity (Wildman–Crippen MR) is 336 cm³/mol. The van der Waals surface area contributed by atoms with Crippen LogP contribution in [-0.2, 0) is 44.9 Å².